The molecule has 0 unspecified atom stereocenters. The maximum Gasteiger partial charge on any atom is 0.341 e. The molecule has 0 saturated heterocycles. The number of carbonyl (C=O) groups is 1. The number of carboxylic acid groups (broad SMARTS) is 1. The molecule has 4 aromatic rings. The van der Waals surface area contributed by atoms with Gasteiger partial charge in [0.1, 0.15) is 5.75 Å². The molecule has 2 N–H and O–H groups in total. The molecule has 0 saturated carbocycles. The number of nitrogens with one attached hydrogen (secondary N) is 1. The molecule has 146 valence electrons. The first kappa shape index (κ1) is 16.1. The van der Waals surface area contributed by atoms with E-state index in [9.17, 15) is 9.59 Å². The van der Waals surface area contributed by atoms with Crippen LogP contribution >= 0.6 is 0 Å². The van der Waals surface area contributed by atoms with Crippen molar-refractivity contribution >= 4 is 16.7 Å². The van der Waals surface area contributed by atoms with Gasteiger partial charge in [-0.25, -0.2) is 9.48 Å². The highest BCUT2D eigenvalue weighted by molar-refractivity contribution is 5.85. The molecule has 8 heteroatoms. The second-order valence-electron chi connectivity index (χ2n) is 6.44. The standard InChI is InChI=1S/C21H18N4O4/c1-13(14-3-2-4-18(7-14)29-12-20(26)27)25-21(28)19-8-15(17-9-22-23-10-17)5-6-16(19)11-24-25/h2-11,13H,12H2,1H3,(H,22,23)(H,26,27)/t13-/m1/s1/i12D2. The van der Waals surface area contributed by atoms with E-state index in [1.807, 2.05) is 12.1 Å². The van der Waals surface area contributed by atoms with Crippen molar-refractivity contribution in [3.63, 3.8) is 0 Å². The van der Waals surface area contributed by atoms with E-state index in [1.165, 1.54) is 16.8 Å². The number of H-pyrrole nitrogens is 1. The number of hydrogen-bond donors (Lipinski definition) is 2. The molecule has 0 aliphatic carbocycles. The number of hydrogen-bond acceptors (Lipinski definition) is 5. The minimum atomic E-state index is -2.87. The summed E-state index contributed by atoms with van der Waals surface area (Å²) in [5.41, 5.74) is 2.02. The Morgan fingerprint density at radius 2 is 2.14 bits per heavy atom. The smallest absolute Gasteiger partial charge is 0.341 e. The molecule has 0 radical (unpaired) electrons. The van der Waals surface area contributed by atoms with E-state index in [-0.39, 0.29) is 11.3 Å². The summed E-state index contributed by atoms with van der Waals surface area (Å²) in [4.78, 5) is 24.2. The molecule has 1 atom stereocenters. The van der Waals surface area contributed by atoms with E-state index in [0.717, 1.165) is 11.1 Å². The molecule has 0 aliphatic heterocycles. The van der Waals surface area contributed by atoms with Crippen molar-refractivity contribution in [2.45, 2.75) is 13.0 Å². The summed E-state index contributed by atoms with van der Waals surface area (Å²) in [6.45, 7) is -1.10. The fourth-order valence-corrected chi connectivity index (χ4v) is 3.10. The number of benzene rings is 2. The summed E-state index contributed by atoms with van der Waals surface area (Å²) in [5.74, 6) is -1.69. The number of fused-ring (bicyclic) bond motifs is 1. The number of aromatic nitrogens is 4. The molecular weight excluding hydrogens is 372 g/mol. The van der Waals surface area contributed by atoms with Crippen LogP contribution in [0.4, 0.5) is 0 Å². The van der Waals surface area contributed by atoms with E-state index < -0.39 is 18.6 Å². The third kappa shape index (κ3) is 3.73. The Morgan fingerprint density at radius 1 is 1.28 bits per heavy atom. The fourth-order valence-electron chi connectivity index (χ4n) is 3.10. The number of aliphatic carboxylic acids is 1. The van der Waals surface area contributed by atoms with E-state index in [0.29, 0.717) is 16.3 Å². The van der Waals surface area contributed by atoms with Gasteiger partial charge in [0.2, 0.25) is 0 Å². The van der Waals surface area contributed by atoms with Crippen LogP contribution in [0.15, 0.2) is 65.8 Å². The zero-order chi connectivity index (χ0) is 22.2. The van der Waals surface area contributed by atoms with E-state index in [2.05, 4.69) is 15.3 Å². The SMILES string of the molecule is [2H]C([2H])(Oc1cccc([C@@H](C)n2ncc3ccc(-c4cn[nH]c4)cc3c2=O)c1)C(=O)O. The molecule has 2 aromatic heterocycles. The van der Waals surface area contributed by atoms with Gasteiger partial charge >= 0.3 is 5.97 Å². The quantitative estimate of drug-likeness (QED) is 0.522. The summed E-state index contributed by atoms with van der Waals surface area (Å²) in [6.07, 6.45) is 5.02. The summed E-state index contributed by atoms with van der Waals surface area (Å²) in [5, 5.41) is 21.1. The predicted molar refractivity (Wildman–Crippen MR) is 107 cm³/mol. The van der Waals surface area contributed by atoms with Crippen molar-refractivity contribution in [2.75, 3.05) is 6.56 Å². The van der Waals surface area contributed by atoms with Crippen LogP contribution in [0.2, 0.25) is 0 Å². The Hall–Kier alpha value is -3.94. The zero-order valence-electron chi connectivity index (χ0n) is 17.4. The fraction of sp³-hybridized carbons (Fsp3) is 0.143. The Morgan fingerprint density at radius 3 is 2.90 bits per heavy atom. The molecule has 29 heavy (non-hydrogen) atoms. The maximum atomic E-state index is 13.2. The van der Waals surface area contributed by atoms with Gasteiger partial charge in [-0.2, -0.15) is 10.2 Å². The number of rotatable bonds is 6. The Labute approximate surface area is 168 Å². The molecule has 0 aliphatic rings. The Kier molecular flexibility index (Phi) is 4.20. The Bertz CT molecular complexity index is 1320. The first-order valence-corrected chi connectivity index (χ1v) is 8.79. The molecule has 0 amide bonds. The molecule has 0 bridgehead atoms. The van der Waals surface area contributed by atoms with Gasteiger partial charge in [0.05, 0.1) is 26.6 Å². The first-order valence-electron chi connectivity index (χ1n) is 9.79. The van der Waals surface area contributed by atoms with Crippen LogP contribution in [0, 0.1) is 0 Å². The summed E-state index contributed by atoms with van der Waals surface area (Å²) in [7, 11) is 0. The number of ether oxygens (including phenoxy) is 1. The van der Waals surface area contributed by atoms with E-state index in [1.54, 1.807) is 43.7 Å². The summed E-state index contributed by atoms with van der Waals surface area (Å²) >= 11 is 0. The maximum absolute atomic E-state index is 13.2. The van der Waals surface area contributed by atoms with Crippen molar-refractivity contribution < 1.29 is 17.4 Å². The largest absolute Gasteiger partial charge is 0.482 e. The van der Waals surface area contributed by atoms with Crippen molar-refractivity contribution in [1.29, 1.82) is 0 Å². The third-order valence-corrected chi connectivity index (χ3v) is 4.61. The van der Waals surface area contributed by atoms with Gasteiger partial charge in [0.25, 0.3) is 5.56 Å². The first-order chi connectivity index (χ1) is 14.8. The van der Waals surface area contributed by atoms with Gasteiger partial charge in [-0.1, -0.05) is 24.3 Å². The summed E-state index contributed by atoms with van der Waals surface area (Å²) < 4.78 is 21.2. The van der Waals surface area contributed by atoms with Crippen molar-refractivity contribution in [3.05, 3.63) is 77.0 Å². The second-order valence-corrected chi connectivity index (χ2v) is 6.44. The van der Waals surface area contributed by atoms with E-state index in [4.69, 9.17) is 12.6 Å². The summed E-state index contributed by atoms with van der Waals surface area (Å²) in [6, 6.07) is 11.3. The van der Waals surface area contributed by atoms with Gasteiger partial charge in [0, 0.05) is 17.1 Å². The lowest BCUT2D eigenvalue weighted by molar-refractivity contribution is -0.139. The zero-order valence-corrected chi connectivity index (χ0v) is 15.4. The van der Waals surface area contributed by atoms with Crippen LogP contribution in [-0.4, -0.2) is 37.6 Å². The Balaban J connectivity index is 1.72. The molecule has 8 nitrogen and oxygen atoms in total. The average molecular weight is 392 g/mol. The van der Waals surface area contributed by atoms with Crippen LogP contribution in [0.25, 0.3) is 21.9 Å². The highest BCUT2D eigenvalue weighted by Gasteiger charge is 2.14. The number of nitrogens with zero attached hydrogens (tertiary/aromatic N) is 3. The lowest BCUT2D eigenvalue weighted by Crippen LogP contribution is -2.26. The van der Waals surface area contributed by atoms with Gasteiger partial charge in [-0.05, 0) is 36.2 Å². The average Bonchev–Trinajstić information content (AvgIpc) is 3.28. The lowest BCUT2D eigenvalue weighted by atomic mass is 10.0. The van der Waals surface area contributed by atoms with Crippen LogP contribution in [-0.2, 0) is 4.79 Å². The highest BCUT2D eigenvalue weighted by Crippen LogP contribution is 2.24. The monoisotopic (exact) mass is 392 g/mol. The van der Waals surface area contributed by atoms with Crippen LogP contribution < -0.4 is 10.3 Å². The van der Waals surface area contributed by atoms with Gasteiger partial charge < -0.3 is 9.84 Å². The number of carboxylic acids is 1. The topological polar surface area (TPSA) is 110 Å². The van der Waals surface area contributed by atoms with Gasteiger partial charge in [-0.15, -0.1) is 0 Å². The van der Waals surface area contributed by atoms with E-state index >= 15 is 0 Å². The lowest BCUT2D eigenvalue weighted by Gasteiger charge is -2.16. The third-order valence-electron chi connectivity index (χ3n) is 4.61. The van der Waals surface area contributed by atoms with Crippen molar-refractivity contribution in [1.82, 2.24) is 20.0 Å². The van der Waals surface area contributed by atoms with Crippen LogP contribution in [0.5, 0.6) is 5.75 Å². The molecule has 2 aromatic carbocycles. The van der Waals surface area contributed by atoms with Gasteiger partial charge in [-0.3, -0.25) is 9.89 Å². The normalized spacial score (nSPS) is 13.6. The molecule has 2 heterocycles. The molecule has 0 spiro atoms. The van der Waals surface area contributed by atoms with Crippen LogP contribution in [0.3, 0.4) is 0 Å². The second kappa shape index (κ2) is 7.59. The predicted octanol–water partition coefficient (Wildman–Crippen LogP) is 2.86. The van der Waals surface area contributed by atoms with Gasteiger partial charge in [0.15, 0.2) is 6.56 Å². The van der Waals surface area contributed by atoms with Crippen molar-refractivity contribution in [2.24, 2.45) is 0 Å². The highest BCUT2D eigenvalue weighted by atomic mass is 16.5. The number of aromatic amines is 1. The molecular formula is C21H18N4O4. The minimum absolute atomic E-state index is 0.0350. The minimum Gasteiger partial charge on any atom is -0.482 e. The van der Waals surface area contributed by atoms with Crippen molar-refractivity contribution in [3.8, 4) is 16.9 Å². The molecule has 0 fully saturated rings. The molecule has 4 rings (SSSR count). The van der Waals surface area contributed by atoms with Crippen LogP contribution in [0.1, 0.15) is 21.3 Å².